The smallest absolute Gasteiger partial charge is 0.273 e. The summed E-state index contributed by atoms with van der Waals surface area (Å²) in [6.45, 7) is 1.36. The molecule has 0 aromatic heterocycles. The number of amides is 1. The molecule has 3 rings (SSSR count). The summed E-state index contributed by atoms with van der Waals surface area (Å²) in [5.41, 5.74) is 1.28. The normalized spacial score (nSPS) is 11.0. The number of nitrogens with one attached hydrogen (secondary N) is 1. The Hall–Kier alpha value is -3.92. The molecule has 1 amide bonds. The Morgan fingerprint density at radius 2 is 1.74 bits per heavy atom. The molecule has 9 nitrogen and oxygen atoms in total. The van der Waals surface area contributed by atoms with E-state index in [1.807, 2.05) is 30.3 Å². The van der Waals surface area contributed by atoms with E-state index in [9.17, 15) is 23.3 Å². The second-order valence-corrected chi connectivity index (χ2v) is 9.36. The largest absolute Gasteiger partial charge is 0.497 e. The summed E-state index contributed by atoms with van der Waals surface area (Å²) in [6.07, 6.45) is 0.589. The molecular formula is C24H25N3O6S. The van der Waals surface area contributed by atoms with Crippen LogP contribution in [0.3, 0.4) is 0 Å². The number of nitrogens with zero attached hydrogens (tertiary/aromatic N) is 2. The fraction of sp³-hybridized carbons (Fsp3) is 0.208. The van der Waals surface area contributed by atoms with E-state index >= 15 is 0 Å². The number of hydrogen-bond acceptors (Lipinski definition) is 6. The quantitative estimate of drug-likeness (QED) is 0.348. The Balaban J connectivity index is 1.88. The number of sulfonamides is 1. The molecule has 0 fully saturated rings. The van der Waals surface area contributed by atoms with Gasteiger partial charge in [0, 0.05) is 18.2 Å². The SMILES string of the molecule is COc1ccc(N(CC(=O)NCCc2ccccc2)S(=O)(=O)c2ccc(C)c([N+](=O)[O-])c2)cc1. The van der Waals surface area contributed by atoms with Crippen LogP contribution in [0.25, 0.3) is 0 Å². The van der Waals surface area contributed by atoms with Crippen LogP contribution in [0, 0.1) is 17.0 Å². The molecule has 34 heavy (non-hydrogen) atoms. The van der Waals surface area contributed by atoms with Crippen LogP contribution in [0.5, 0.6) is 5.75 Å². The average Bonchev–Trinajstić information content (AvgIpc) is 2.83. The summed E-state index contributed by atoms with van der Waals surface area (Å²) in [5, 5.41) is 14.1. The second kappa shape index (κ2) is 10.8. The number of anilines is 1. The molecule has 0 spiro atoms. The van der Waals surface area contributed by atoms with E-state index in [1.54, 1.807) is 12.1 Å². The molecule has 0 aliphatic carbocycles. The van der Waals surface area contributed by atoms with Crippen LogP contribution >= 0.6 is 0 Å². The van der Waals surface area contributed by atoms with Crippen LogP contribution in [0.15, 0.2) is 77.7 Å². The van der Waals surface area contributed by atoms with Gasteiger partial charge in [0.15, 0.2) is 0 Å². The molecule has 0 saturated carbocycles. The van der Waals surface area contributed by atoms with Crippen molar-refractivity contribution in [1.29, 1.82) is 0 Å². The third-order valence-corrected chi connectivity index (χ3v) is 6.96. The van der Waals surface area contributed by atoms with Gasteiger partial charge in [-0.2, -0.15) is 0 Å². The second-order valence-electron chi connectivity index (χ2n) is 7.50. The molecule has 3 aromatic carbocycles. The summed E-state index contributed by atoms with van der Waals surface area (Å²) in [7, 11) is -2.81. The molecule has 0 saturated heterocycles. The lowest BCUT2D eigenvalue weighted by molar-refractivity contribution is -0.385. The van der Waals surface area contributed by atoms with Crippen LogP contribution in [-0.4, -0.2) is 39.4 Å². The van der Waals surface area contributed by atoms with Crippen LogP contribution in [-0.2, 0) is 21.2 Å². The topological polar surface area (TPSA) is 119 Å². The van der Waals surface area contributed by atoms with Gasteiger partial charge in [-0.3, -0.25) is 19.2 Å². The highest BCUT2D eigenvalue weighted by Gasteiger charge is 2.29. The molecular weight excluding hydrogens is 458 g/mol. The van der Waals surface area contributed by atoms with E-state index in [0.717, 1.165) is 15.9 Å². The standard InChI is InChI=1S/C24H25N3O6S/c1-18-8-13-22(16-23(18)27(29)30)34(31,32)26(20-9-11-21(33-2)12-10-20)17-24(28)25-15-14-19-6-4-3-5-7-19/h3-13,16H,14-15,17H2,1-2H3,(H,25,28). The van der Waals surface area contributed by atoms with Gasteiger partial charge in [0.1, 0.15) is 12.3 Å². The molecule has 178 valence electrons. The zero-order valence-corrected chi connectivity index (χ0v) is 19.6. The van der Waals surface area contributed by atoms with E-state index in [0.29, 0.717) is 24.3 Å². The molecule has 0 aliphatic rings. The van der Waals surface area contributed by atoms with Crippen molar-refractivity contribution in [2.75, 3.05) is 24.5 Å². The molecule has 0 radical (unpaired) electrons. The number of hydrogen-bond donors (Lipinski definition) is 1. The number of carbonyl (C=O) groups excluding carboxylic acids is 1. The number of benzene rings is 3. The fourth-order valence-corrected chi connectivity index (χ4v) is 4.76. The molecule has 3 aromatic rings. The Bertz CT molecular complexity index is 1260. The lowest BCUT2D eigenvalue weighted by Gasteiger charge is -2.24. The van der Waals surface area contributed by atoms with E-state index in [1.165, 1.54) is 38.3 Å². The van der Waals surface area contributed by atoms with Gasteiger partial charge in [0.2, 0.25) is 5.91 Å². The minimum Gasteiger partial charge on any atom is -0.497 e. The van der Waals surface area contributed by atoms with Crippen molar-refractivity contribution < 1.29 is 22.9 Å². The first-order valence-corrected chi connectivity index (χ1v) is 11.9. The summed E-state index contributed by atoms with van der Waals surface area (Å²) in [4.78, 5) is 23.1. The predicted octanol–water partition coefficient (Wildman–Crippen LogP) is 3.47. The van der Waals surface area contributed by atoms with Gasteiger partial charge >= 0.3 is 0 Å². The zero-order chi connectivity index (χ0) is 24.7. The van der Waals surface area contributed by atoms with E-state index in [2.05, 4.69) is 5.32 Å². The molecule has 10 heteroatoms. The van der Waals surface area contributed by atoms with Gasteiger partial charge in [-0.15, -0.1) is 0 Å². The highest BCUT2D eigenvalue weighted by molar-refractivity contribution is 7.92. The van der Waals surface area contributed by atoms with Gasteiger partial charge in [-0.25, -0.2) is 8.42 Å². The van der Waals surface area contributed by atoms with Gasteiger partial charge in [0.05, 0.1) is 22.6 Å². The van der Waals surface area contributed by atoms with Crippen LogP contribution < -0.4 is 14.4 Å². The van der Waals surface area contributed by atoms with Crippen LogP contribution in [0.2, 0.25) is 0 Å². The van der Waals surface area contributed by atoms with Crippen molar-refractivity contribution >= 4 is 27.3 Å². The first-order chi connectivity index (χ1) is 16.2. The minimum absolute atomic E-state index is 0.224. The Labute approximate surface area is 198 Å². The number of nitro benzene ring substituents is 1. The number of aryl methyl sites for hydroxylation is 1. The van der Waals surface area contributed by atoms with Crippen molar-refractivity contribution in [3.63, 3.8) is 0 Å². The van der Waals surface area contributed by atoms with E-state index in [-0.39, 0.29) is 16.3 Å². The Morgan fingerprint density at radius 1 is 1.06 bits per heavy atom. The number of methoxy groups -OCH3 is 1. The highest BCUT2D eigenvalue weighted by Crippen LogP contribution is 2.29. The summed E-state index contributed by atoms with van der Waals surface area (Å²) in [6, 6.07) is 19.4. The van der Waals surface area contributed by atoms with Crippen LogP contribution in [0.4, 0.5) is 11.4 Å². The van der Waals surface area contributed by atoms with E-state index < -0.39 is 27.4 Å². The maximum Gasteiger partial charge on any atom is 0.273 e. The Morgan fingerprint density at radius 3 is 2.35 bits per heavy atom. The average molecular weight is 484 g/mol. The number of nitro groups is 1. The lowest BCUT2D eigenvalue weighted by atomic mass is 10.1. The first kappa shape index (κ1) is 24.7. The highest BCUT2D eigenvalue weighted by atomic mass is 32.2. The monoisotopic (exact) mass is 483 g/mol. The molecule has 0 bridgehead atoms. The third kappa shape index (κ3) is 5.90. The Kier molecular flexibility index (Phi) is 7.85. The zero-order valence-electron chi connectivity index (χ0n) is 18.8. The van der Waals surface area contributed by atoms with Crippen molar-refractivity contribution in [2.45, 2.75) is 18.2 Å². The van der Waals surface area contributed by atoms with Crippen molar-refractivity contribution in [3.05, 3.63) is 94.0 Å². The molecule has 0 heterocycles. The molecule has 1 N–H and O–H groups in total. The molecule has 0 atom stereocenters. The number of ether oxygens (including phenoxy) is 1. The van der Waals surface area contributed by atoms with Gasteiger partial charge in [0.25, 0.3) is 15.7 Å². The maximum atomic E-state index is 13.5. The van der Waals surface area contributed by atoms with E-state index in [4.69, 9.17) is 4.74 Å². The minimum atomic E-state index is -4.29. The summed E-state index contributed by atoms with van der Waals surface area (Å²) in [5.74, 6) is 0.0105. The maximum absolute atomic E-state index is 13.5. The van der Waals surface area contributed by atoms with Crippen molar-refractivity contribution in [3.8, 4) is 5.75 Å². The van der Waals surface area contributed by atoms with Gasteiger partial charge in [-0.05, 0) is 49.2 Å². The third-order valence-electron chi connectivity index (χ3n) is 5.19. The predicted molar refractivity (Wildman–Crippen MR) is 129 cm³/mol. The summed E-state index contributed by atoms with van der Waals surface area (Å²) >= 11 is 0. The van der Waals surface area contributed by atoms with Crippen molar-refractivity contribution in [2.24, 2.45) is 0 Å². The molecule has 0 aliphatic heterocycles. The van der Waals surface area contributed by atoms with Gasteiger partial charge < -0.3 is 10.1 Å². The van der Waals surface area contributed by atoms with Crippen molar-refractivity contribution in [1.82, 2.24) is 5.32 Å². The van der Waals surface area contributed by atoms with Crippen LogP contribution in [0.1, 0.15) is 11.1 Å². The number of carbonyl (C=O) groups is 1. The first-order valence-electron chi connectivity index (χ1n) is 10.4. The molecule has 0 unspecified atom stereocenters. The van der Waals surface area contributed by atoms with Gasteiger partial charge in [-0.1, -0.05) is 36.4 Å². The summed E-state index contributed by atoms with van der Waals surface area (Å²) < 4.78 is 33.1. The lowest BCUT2D eigenvalue weighted by Crippen LogP contribution is -2.41. The number of rotatable bonds is 10. The fourth-order valence-electron chi connectivity index (χ4n) is 3.31.